The maximum atomic E-state index is 13.3. The van der Waals surface area contributed by atoms with Gasteiger partial charge in [-0.05, 0) is 47.4 Å². The summed E-state index contributed by atoms with van der Waals surface area (Å²) in [4.78, 5) is 10.5. The molecule has 0 aromatic heterocycles. The molecule has 0 aliphatic rings. The van der Waals surface area contributed by atoms with Crippen molar-refractivity contribution in [3.05, 3.63) is 59.4 Å². The lowest BCUT2D eigenvalue weighted by molar-refractivity contribution is 0.249. The van der Waals surface area contributed by atoms with E-state index in [0.29, 0.717) is 0 Å². The number of benzene rings is 2. The fourth-order valence-electron chi connectivity index (χ4n) is 1.86. The summed E-state index contributed by atoms with van der Waals surface area (Å²) in [5, 5.41) is 3.69. The van der Waals surface area contributed by atoms with Gasteiger partial charge in [0.05, 0.1) is 6.21 Å². The van der Waals surface area contributed by atoms with Crippen molar-refractivity contribution in [2.24, 2.45) is 10.8 Å². The molecule has 0 aliphatic heterocycles. The summed E-state index contributed by atoms with van der Waals surface area (Å²) >= 11 is 0. The summed E-state index contributed by atoms with van der Waals surface area (Å²) in [6.45, 7) is 1.92. The van der Waals surface area contributed by atoms with Crippen LogP contribution in [0, 0.1) is 12.7 Å². The highest BCUT2D eigenvalue weighted by atomic mass is 19.1. The average molecular weight is 271 g/mol. The molecule has 2 aromatic rings. The number of carbonyl (C=O) groups excluding carboxylic acids is 1. The number of carbonyl (C=O) groups is 1. The van der Waals surface area contributed by atoms with Crippen LogP contribution in [0.2, 0.25) is 0 Å². The Bertz CT molecular complexity index is 668. The van der Waals surface area contributed by atoms with Crippen LogP contribution in [0.5, 0.6) is 0 Å². The van der Waals surface area contributed by atoms with E-state index in [1.54, 1.807) is 6.07 Å². The Kier molecular flexibility index (Phi) is 4.10. The second kappa shape index (κ2) is 5.97. The van der Waals surface area contributed by atoms with Crippen LogP contribution in [0.25, 0.3) is 11.1 Å². The van der Waals surface area contributed by atoms with E-state index in [1.165, 1.54) is 18.3 Å². The number of amides is 2. The molecule has 4 nitrogen and oxygen atoms in total. The van der Waals surface area contributed by atoms with Crippen molar-refractivity contribution in [1.29, 1.82) is 0 Å². The molecule has 20 heavy (non-hydrogen) atoms. The first-order valence-corrected chi connectivity index (χ1v) is 6.01. The molecule has 0 heterocycles. The van der Waals surface area contributed by atoms with Crippen molar-refractivity contribution in [3.8, 4) is 11.1 Å². The molecule has 3 N–H and O–H groups in total. The molecule has 0 radical (unpaired) electrons. The zero-order valence-corrected chi connectivity index (χ0v) is 10.9. The van der Waals surface area contributed by atoms with Gasteiger partial charge in [-0.25, -0.2) is 14.6 Å². The van der Waals surface area contributed by atoms with Gasteiger partial charge in [-0.1, -0.05) is 24.3 Å². The molecule has 0 fully saturated rings. The summed E-state index contributed by atoms with van der Waals surface area (Å²) in [6.07, 6.45) is 1.48. The monoisotopic (exact) mass is 271 g/mol. The molecule has 5 heteroatoms. The molecule has 0 unspecified atom stereocenters. The Balaban J connectivity index is 2.32. The third-order valence-electron chi connectivity index (χ3n) is 2.79. The number of aryl methyl sites for hydroxylation is 1. The first kappa shape index (κ1) is 13.7. The van der Waals surface area contributed by atoms with Gasteiger partial charge in [0.1, 0.15) is 5.82 Å². The first-order chi connectivity index (χ1) is 9.56. The lowest BCUT2D eigenvalue weighted by Gasteiger charge is -2.07. The van der Waals surface area contributed by atoms with Crippen LogP contribution >= 0.6 is 0 Å². The van der Waals surface area contributed by atoms with Gasteiger partial charge in [0.15, 0.2) is 0 Å². The van der Waals surface area contributed by atoms with Gasteiger partial charge in [0.25, 0.3) is 0 Å². The number of hydrogen-bond acceptors (Lipinski definition) is 2. The van der Waals surface area contributed by atoms with E-state index >= 15 is 0 Å². The van der Waals surface area contributed by atoms with Crippen LogP contribution < -0.4 is 11.2 Å². The predicted molar refractivity (Wildman–Crippen MR) is 76.9 cm³/mol. The summed E-state index contributed by atoms with van der Waals surface area (Å²) in [6, 6.07) is 11.3. The summed E-state index contributed by atoms with van der Waals surface area (Å²) < 4.78 is 13.3. The molecule has 2 amide bonds. The molecular formula is C15H14FN3O. The standard InChI is InChI=1S/C15H14FN3O/c1-10-5-6-13(16)8-14(10)12-4-2-3-11(7-12)9-18-19-15(17)20/h2-9H,1H3,(H3,17,19,20). The van der Waals surface area contributed by atoms with Crippen LogP contribution in [-0.2, 0) is 0 Å². The number of primary amides is 1. The highest BCUT2D eigenvalue weighted by Gasteiger charge is 2.04. The highest BCUT2D eigenvalue weighted by Crippen LogP contribution is 2.24. The Labute approximate surface area is 116 Å². The Hall–Kier alpha value is -2.69. The van der Waals surface area contributed by atoms with Crippen LogP contribution in [0.3, 0.4) is 0 Å². The number of urea groups is 1. The maximum Gasteiger partial charge on any atom is 0.332 e. The van der Waals surface area contributed by atoms with E-state index in [9.17, 15) is 9.18 Å². The predicted octanol–water partition coefficient (Wildman–Crippen LogP) is 2.80. The van der Waals surface area contributed by atoms with Gasteiger partial charge in [-0.15, -0.1) is 0 Å². The molecule has 102 valence electrons. The minimum absolute atomic E-state index is 0.278. The number of nitrogens with two attached hydrogens (primary N) is 1. The van der Waals surface area contributed by atoms with Crippen LogP contribution in [0.15, 0.2) is 47.6 Å². The van der Waals surface area contributed by atoms with Crippen molar-refractivity contribution < 1.29 is 9.18 Å². The number of halogens is 1. The van der Waals surface area contributed by atoms with E-state index in [0.717, 1.165) is 22.3 Å². The van der Waals surface area contributed by atoms with Gasteiger partial charge in [0, 0.05) is 0 Å². The zero-order chi connectivity index (χ0) is 14.5. The molecule has 2 rings (SSSR count). The van der Waals surface area contributed by atoms with Gasteiger partial charge in [-0.3, -0.25) is 0 Å². The Morgan fingerprint density at radius 1 is 1.30 bits per heavy atom. The van der Waals surface area contributed by atoms with Gasteiger partial charge >= 0.3 is 6.03 Å². The van der Waals surface area contributed by atoms with Gasteiger partial charge in [0.2, 0.25) is 0 Å². The molecule has 2 aromatic carbocycles. The number of nitrogens with zero attached hydrogens (tertiary/aromatic N) is 1. The fraction of sp³-hybridized carbons (Fsp3) is 0.0667. The van der Waals surface area contributed by atoms with Crippen LogP contribution in [-0.4, -0.2) is 12.2 Å². The second-order valence-corrected chi connectivity index (χ2v) is 4.32. The van der Waals surface area contributed by atoms with E-state index in [4.69, 9.17) is 5.73 Å². The van der Waals surface area contributed by atoms with E-state index in [-0.39, 0.29) is 5.82 Å². The largest absolute Gasteiger partial charge is 0.350 e. The molecule has 0 spiro atoms. The summed E-state index contributed by atoms with van der Waals surface area (Å²) in [7, 11) is 0. The van der Waals surface area contributed by atoms with Crippen LogP contribution in [0.1, 0.15) is 11.1 Å². The number of rotatable bonds is 3. The average Bonchev–Trinajstić information content (AvgIpc) is 2.41. The summed E-state index contributed by atoms with van der Waals surface area (Å²) in [5.41, 5.74) is 10.5. The number of hydrazone groups is 1. The van der Waals surface area contributed by atoms with Crippen molar-refractivity contribution >= 4 is 12.2 Å². The fourth-order valence-corrected chi connectivity index (χ4v) is 1.86. The summed E-state index contributed by atoms with van der Waals surface area (Å²) in [5.74, 6) is -0.278. The minimum Gasteiger partial charge on any atom is -0.350 e. The highest BCUT2D eigenvalue weighted by molar-refractivity contribution is 5.84. The molecule has 0 bridgehead atoms. The van der Waals surface area contributed by atoms with E-state index in [1.807, 2.05) is 31.2 Å². The van der Waals surface area contributed by atoms with Crippen molar-refractivity contribution in [2.75, 3.05) is 0 Å². The SMILES string of the molecule is Cc1ccc(F)cc1-c1cccc(C=NNC(N)=O)c1. The third kappa shape index (κ3) is 3.41. The molecule has 0 atom stereocenters. The lowest BCUT2D eigenvalue weighted by atomic mass is 9.99. The molecule has 0 saturated carbocycles. The van der Waals surface area contributed by atoms with Crippen LogP contribution in [0.4, 0.5) is 9.18 Å². The molecule has 0 aliphatic carbocycles. The first-order valence-electron chi connectivity index (χ1n) is 6.01. The smallest absolute Gasteiger partial charge is 0.332 e. The zero-order valence-electron chi connectivity index (χ0n) is 10.9. The quantitative estimate of drug-likeness (QED) is 0.654. The maximum absolute atomic E-state index is 13.3. The second-order valence-electron chi connectivity index (χ2n) is 4.32. The number of hydrogen-bond donors (Lipinski definition) is 2. The molecular weight excluding hydrogens is 257 g/mol. The number of nitrogens with one attached hydrogen (secondary N) is 1. The Morgan fingerprint density at radius 2 is 2.10 bits per heavy atom. The van der Waals surface area contributed by atoms with E-state index < -0.39 is 6.03 Å². The minimum atomic E-state index is -0.724. The third-order valence-corrected chi connectivity index (χ3v) is 2.79. The Morgan fingerprint density at radius 3 is 2.85 bits per heavy atom. The van der Waals surface area contributed by atoms with Gasteiger partial charge < -0.3 is 5.73 Å². The van der Waals surface area contributed by atoms with Crippen molar-refractivity contribution in [1.82, 2.24) is 5.43 Å². The lowest BCUT2D eigenvalue weighted by Crippen LogP contribution is -2.24. The van der Waals surface area contributed by atoms with E-state index in [2.05, 4.69) is 10.5 Å². The van der Waals surface area contributed by atoms with Crippen molar-refractivity contribution in [2.45, 2.75) is 6.92 Å². The topological polar surface area (TPSA) is 67.5 Å². The van der Waals surface area contributed by atoms with Crippen molar-refractivity contribution in [3.63, 3.8) is 0 Å². The van der Waals surface area contributed by atoms with Gasteiger partial charge in [-0.2, -0.15) is 5.10 Å². The molecule has 0 saturated heterocycles. The normalized spacial score (nSPS) is 10.7.